The van der Waals surface area contributed by atoms with Gasteiger partial charge in [-0.25, -0.2) is 4.99 Å². The Hall–Kier alpha value is -2.04. The van der Waals surface area contributed by atoms with Crippen LogP contribution in [0.1, 0.15) is 0 Å². The molecule has 0 heterocycles. The zero-order chi connectivity index (χ0) is 14.1. The molecule has 1 amide bonds. The first-order valence-electron chi connectivity index (χ1n) is 5.36. The molecule has 0 atom stereocenters. The average Bonchev–Trinajstić information content (AvgIpc) is 2.39. The highest BCUT2D eigenvalue weighted by Crippen LogP contribution is 2.19. The van der Waals surface area contributed by atoms with Gasteiger partial charge in [-0.15, -0.1) is 0 Å². The Morgan fingerprint density at radius 2 is 2.37 bits per heavy atom. The molecule has 100 valence electrons. The van der Waals surface area contributed by atoms with E-state index in [0.29, 0.717) is 16.5 Å². The number of thioether (sulfide) groups is 1. The zero-order valence-electron chi connectivity index (χ0n) is 10.6. The van der Waals surface area contributed by atoms with Gasteiger partial charge in [-0.05, 0) is 24.5 Å². The third-order valence-electron chi connectivity index (χ3n) is 1.99. The Balaban J connectivity index is 2.82. The molecule has 0 aliphatic heterocycles. The molecule has 19 heavy (non-hydrogen) atoms. The Kier molecular flexibility index (Phi) is 6.43. The molecular formula is C12H14N4O2S. The van der Waals surface area contributed by atoms with Crippen molar-refractivity contribution in [1.82, 2.24) is 5.32 Å². The molecule has 0 saturated carbocycles. The summed E-state index contributed by atoms with van der Waals surface area (Å²) in [6.45, 7) is -0.000451. The lowest BCUT2D eigenvalue weighted by atomic mass is 10.3. The van der Waals surface area contributed by atoms with Crippen molar-refractivity contribution in [1.29, 1.82) is 5.26 Å². The predicted octanol–water partition coefficient (Wildman–Crippen LogP) is 1.69. The van der Waals surface area contributed by atoms with Crippen molar-refractivity contribution in [3.05, 3.63) is 24.3 Å². The van der Waals surface area contributed by atoms with Gasteiger partial charge in [0.1, 0.15) is 6.61 Å². The Morgan fingerprint density at radius 3 is 3.00 bits per heavy atom. The summed E-state index contributed by atoms with van der Waals surface area (Å²) in [4.78, 5) is 15.6. The summed E-state index contributed by atoms with van der Waals surface area (Å²) in [5.74, 6) is -0.233. The largest absolute Gasteiger partial charge is 0.375 e. The fourth-order valence-electron chi connectivity index (χ4n) is 1.27. The molecule has 0 saturated heterocycles. The van der Waals surface area contributed by atoms with E-state index < -0.39 is 0 Å². The van der Waals surface area contributed by atoms with Gasteiger partial charge in [0.15, 0.2) is 11.4 Å². The van der Waals surface area contributed by atoms with Crippen LogP contribution in [0.25, 0.3) is 0 Å². The van der Waals surface area contributed by atoms with Gasteiger partial charge < -0.3 is 10.1 Å². The predicted molar refractivity (Wildman–Crippen MR) is 76.3 cm³/mol. The fraction of sp³-hybridized carbons (Fsp3) is 0.250. The lowest BCUT2D eigenvalue weighted by molar-refractivity contribution is -0.119. The normalized spacial score (nSPS) is 10.7. The van der Waals surface area contributed by atoms with Crippen LogP contribution in [0.5, 0.6) is 0 Å². The summed E-state index contributed by atoms with van der Waals surface area (Å²) in [6, 6.07) is 7.01. The van der Waals surface area contributed by atoms with E-state index in [9.17, 15) is 4.79 Å². The first-order chi connectivity index (χ1) is 9.19. The van der Waals surface area contributed by atoms with Gasteiger partial charge >= 0.3 is 0 Å². The summed E-state index contributed by atoms with van der Waals surface area (Å²) < 4.78 is 4.73. The molecule has 0 aliphatic rings. The summed E-state index contributed by atoms with van der Waals surface area (Å²) in [6.07, 6.45) is 3.63. The maximum Gasteiger partial charge on any atom is 0.250 e. The number of anilines is 1. The molecule has 0 unspecified atom stereocenters. The quantitative estimate of drug-likeness (QED) is 0.379. The van der Waals surface area contributed by atoms with E-state index in [-0.39, 0.29) is 12.5 Å². The van der Waals surface area contributed by atoms with Crippen molar-refractivity contribution in [2.45, 2.75) is 0 Å². The number of amidine groups is 1. The van der Waals surface area contributed by atoms with Crippen molar-refractivity contribution >= 4 is 34.2 Å². The second-order valence-corrected chi connectivity index (χ2v) is 4.18. The number of carbonyl (C=O) groups is 1. The number of hydrogen-bond acceptors (Lipinski definition) is 5. The molecule has 0 spiro atoms. The molecule has 1 aromatic rings. The number of benzene rings is 1. The molecule has 0 fully saturated rings. The highest BCUT2D eigenvalue weighted by atomic mass is 32.2. The smallest absolute Gasteiger partial charge is 0.250 e. The van der Waals surface area contributed by atoms with Gasteiger partial charge in [0, 0.05) is 12.8 Å². The highest BCUT2D eigenvalue weighted by molar-refractivity contribution is 8.13. The lowest BCUT2D eigenvalue weighted by Gasteiger charge is -2.05. The van der Waals surface area contributed by atoms with Gasteiger partial charge in [0.25, 0.3) is 0 Å². The minimum absolute atomic E-state index is 0.000451. The van der Waals surface area contributed by atoms with Crippen molar-refractivity contribution in [3.63, 3.8) is 0 Å². The second-order valence-electron chi connectivity index (χ2n) is 3.39. The van der Waals surface area contributed by atoms with Crippen LogP contribution in [0.15, 0.2) is 29.3 Å². The minimum atomic E-state index is -0.233. The molecule has 0 radical (unpaired) electrons. The van der Waals surface area contributed by atoms with Gasteiger partial charge in [0.2, 0.25) is 5.91 Å². The number of aliphatic imine (C=N–C) groups is 1. The van der Waals surface area contributed by atoms with Gasteiger partial charge in [-0.1, -0.05) is 17.8 Å². The van der Waals surface area contributed by atoms with E-state index in [1.807, 2.05) is 12.4 Å². The van der Waals surface area contributed by atoms with Crippen LogP contribution in [0.3, 0.4) is 0 Å². The van der Waals surface area contributed by atoms with E-state index >= 15 is 0 Å². The number of carbonyl (C=O) groups excluding carboxylic acids is 1. The molecule has 0 aliphatic carbocycles. The van der Waals surface area contributed by atoms with Crippen molar-refractivity contribution in [2.24, 2.45) is 4.99 Å². The van der Waals surface area contributed by atoms with E-state index in [1.165, 1.54) is 18.9 Å². The first kappa shape index (κ1) is 15.0. The number of ether oxygens (including phenoxy) is 1. The van der Waals surface area contributed by atoms with Gasteiger partial charge in [0.05, 0.1) is 5.69 Å². The van der Waals surface area contributed by atoms with Crippen LogP contribution in [-0.2, 0) is 9.53 Å². The highest BCUT2D eigenvalue weighted by Gasteiger charge is 2.02. The van der Waals surface area contributed by atoms with Crippen LogP contribution >= 0.6 is 11.8 Å². The Morgan fingerprint density at radius 1 is 1.58 bits per heavy atom. The number of rotatable bonds is 4. The number of methoxy groups -OCH3 is 1. The lowest BCUT2D eigenvalue weighted by Crippen LogP contribution is -2.17. The number of hydrogen-bond donors (Lipinski definition) is 2. The summed E-state index contributed by atoms with van der Waals surface area (Å²) in [7, 11) is 1.46. The maximum absolute atomic E-state index is 11.4. The molecule has 0 aromatic heterocycles. The van der Waals surface area contributed by atoms with Crippen LogP contribution in [0, 0.1) is 11.5 Å². The minimum Gasteiger partial charge on any atom is -0.375 e. The van der Waals surface area contributed by atoms with Crippen molar-refractivity contribution in [3.8, 4) is 6.19 Å². The average molecular weight is 278 g/mol. The van der Waals surface area contributed by atoms with Crippen LogP contribution < -0.4 is 10.6 Å². The maximum atomic E-state index is 11.4. The Bertz CT molecular complexity index is 511. The third-order valence-corrected chi connectivity index (χ3v) is 2.57. The van der Waals surface area contributed by atoms with E-state index in [2.05, 4.69) is 15.6 Å². The van der Waals surface area contributed by atoms with Crippen LogP contribution in [0.2, 0.25) is 0 Å². The number of nitriles is 1. The number of nitrogens with one attached hydrogen (secondary N) is 2. The molecular weight excluding hydrogens is 264 g/mol. The van der Waals surface area contributed by atoms with Crippen molar-refractivity contribution in [2.75, 3.05) is 25.3 Å². The molecule has 2 N–H and O–H groups in total. The first-order valence-corrected chi connectivity index (χ1v) is 6.58. The summed E-state index contributed by atoms with van der Waals surface area (Å²) >= 11 is 1.33. The zero-order valence-corrected chi connectivity index (χ0v) is 11.5. The second kappa shape index (κ2) is 8.13. The summed E-state index contributed by atoms with van der Waals surface area (Å²) in [5, 5.41) is 14.2. The SMILES string of the molecule is COCC(=O)Nc1cccc(N=C(NC#N)SC)c1. The van der Waals surface area contributed by atoms with E-state index in [0.717, 1.165) is 0 Å². The molecule has 1 rings (SSSR count). The molecule has 0 bridgehead atoms. The van der Waals surface area contributed by atoms with Crippen molar-refractivity contribution < 1.29 is 9.53 Å². The Labute approximate surface area is 115 Å². The van der Waals surface area contributed by atoms with Gasteiger partial charge in [-0.2, -0.15) is 5.26 Å². The molecule has 6 nitrogen and oxygen atoms in total. The van der Waals surface area contributed by atoms with E-state index in [4.69, 9.17) is 10.00 Å². The topological polar surface area (TPSA) is 86.5 Å². The van der Waals surface area contributed by atoms with Gasteiger partial charge in [-0.3, -0.25) is 10.1 Å². The number of nitrogens with zero attached hydrogens (tertiary/aromatic N) is 2. The summed E-state index contributed by atoms with van der Waals surface area (Å²) in [5.41, 5.74) is 1.27. The molecule has 7 heteroatoms. The monoisotopic (exact) mass is 278 g/mol. The van der Waals surface area contributed by atoms with E-state index in [1.54, 1.807) is 24.3 Å². The standard InChI is InChI=1S/C12H14N4O2S/c1-18-7-11(17)15-9-4-3-5-10(6-9)16-12(19-2)14-8-13/h3-6H,7H2,1-2H3,(H,14,16)(H,15,17). The fourth-order valence-corrected chi connectivity index (χ4v) is 1.62. The van der Waals surface area contributed by atoms with Crippen LogP contribution in [0.4, 0.5) is 11.4 Å². The third kappa shape index (κ3) is 5.42. The van der Waals surface area contributed by atoms with Crippen LogP contribution in [-0.4, -0.2) is 31.0 Å². The molecule has 1 aromatic carbocycles. The number of amides is 1.